The lowest BCUT2D eigenvalue weighted by atomic mass is 9.99. The molecule has 0 atom stereocenters. The number of aromatic amines is 1. The molecular formula is C15H17N3. The first-order valence-corrected chi connectivity index (χ1v) is 6.03. The molecule has 0 bridgehead atoms. The van der Waals surface area contributed by atoms with Gasteiger partial charge in [-0.15, -0.1) is 0 Å². The van der Waals surface area contributed by atoms with Crippen LogP contribution in [0.15, 0.2) is 12.1 Å². The fourth-order valence-electron chi connectivity index (χ4n) is 2.42. The Morgan fingerprint density at radius 3 is 2.33 bits per heavy atom. The first kappa shape index (κ1) is 12.4. The zero-order valence-electron chi connectivity index (χ0n) is 11.3. The molecule has 0 aliphatic rings. The third-order valence-corrected chi connectivity index (χ3v) is 3.15. The van der Waals surface area contributed by atoms with E-state index in [4.69, 9.17) is 5.26 Å². The summed E-state index contributed by atoms with van der Waals surface area (Å²) in [5.41, 5.74) is 6.65. The van der Waals surface area contributed by atoms with Crippen LogP contribution in [0.4, 0.5) is 0 Å². The van der Waals surface area contributed by atoms with Gasteiger partial charge < -0.3 is 4.98 Å². The van der Waals surface area contributed by atoms with Crippen LogP contribution in [-0.4, -0.2) is 9.97 Å². The quantitative estimate of drug-likeness (QED) is 0.873. The van der Waals surface area contributed by atoms with E-state index in [0.717, 1.165) is 22.8 Å². The zero-order valence-corrected chi connectivity index (χ0v) is 11.3. The molecule has 0 spiro atoms. The number of aryl methyl sites for hydroxylation is 4. The summed E-state index contributed by atoms with van der Waals surface area (Å²) in [5, 5.41) is 8.77. The summed E-state index contributed by atoms with van der Waals surface area (Å²) in [5.74, 6) is 0.868. The predicted octanol–water partition coefficient (Wildman–Crippen LogP) is 3.38. The average Bonchev–Trinajstić information content (AvgIpc) is 2.59. The van der Waals surface area contributed by atoms with E-state index < -0.39 is 0 Å². The number of nitrogens with one attached hydrogen (secondary N) is 1. The van der Waals surface area contributed by atoms with Crippen molar-refractivity contribution >= 4 is 0 Å². The number of benzene rings is 1. The molecule has 0 aliphatic carbocycles. The van der Waals surface area contributed by atoms with Gasteiger partial charge in [-0.25, -0.2) is 4.98 Å². The van der Waals surface area contributed by atoms with Crippen LogP contribution < -0.4 is 0 Å². The maximum Gasteiger partial charge on any atom is 0.138 e. The third kappa shape index (κ3) is 2.14. The van der Waals surface area contributed by atoms with E-state index in [2.05, 4.69) is 48.9 Å². The normalized spacial score (nSPS) is 10.4. The van der Waals surface area contributed by atoms with Crippen LogP contribution in [0.5, 0.6) is 0 Å². The lowest BCUT2D eigenvalue weighted by molar-refractivity contribution is 1.12. The minimum Gasteiger partial charge on any atom is -0.342 e. The number of rotatable bonds is 2. The van der Waals surface area contributed by atoms with Crippen LogP contribution in [0.25, 0.3) is 11.4 Å². The van der Waals surface area contributed by atoms with Gasteiger partial charge in [-0.2, -0.15) is 5.26 Å². The van der Waals surface area contributed by atoms with E-state index in [-0.39, 0.29) is 0 Å². The van der Waals surface area contributed by atoms with E-state index in [9.17, 15) is 0 Å². The highest BCUT2D eigenvalue weighted by atomic mass is 14.9. The first-order valence-electron chi connectivity index (χ1n) is 6.03. The molecule has 2 aromatic rings. The van der Waals surface area contributed by atoms with Crippen molar-refractivity contribution in [3.8, 4) is 17.5 Å². The monoisotopic (exact) mass is 239 g/mol. The standard InChI is InChI=1S/C15H17N3/c1-9-7-10(2)14(11(3)8-9)15-17-12(4)13(18-15)5-6-16/h7-8H,5H2,1-4H3,(H,17,18). The van der Waals surface area contributed by atoms with Crippen molar-refractivity contribution in [3.05, 3.63) is 40.2 Å². The van der Waals surface area contributed by atoms with Gasteiger partial charge in [0.05, 0.1) is 18.2 Å². The lowest BCUT2D eigenvalue weighted by Crippen LogP contribution is -1.92. The molecule has 3 nitrogen and oxygen atoms in total. The molecule has 2 rings (SSSR count). The molecule has 1 aromatic carbocycles. The summed E-state index contributed by atoms with van der Waals surface area (Å²) in [6.45, 7) is 8.24. The number of nitriles is 1. The summed E-state index contributed by atoms with van der Waals surface area (Å²) >= 11 is 0. The van der Waals surface area contributed by atoms with Gasteiger partial charge in [0, 0.05) is 11.3 Å². The molecule has 1 heterocycles. The summed E-state index contributed by atoms with van der Waals surface area (Å²) in [4.78, 5) is 7.83. The maximum absolute atomic E-state index is 8.77. The van der Waals surface area contributed by atoms with Gasteiger partial charge in [0.2, 0.25) is 0 Å². The summed E-state index contributed by atoms with van der Waals surface area (Å²) < 4.78 is 0. The van der Waals surface area contributed by atoms with E-state index in [0.29, 0.717) is 6.42 Å². The van der Waals surface area contributed by atoms with E-state index >= 15 is 0 Å². The minimum atomic E-state index is 0.353. The Balaban J connectivity index is 2.56. The highest BCUT2D eigenvalue weighted by Crippen LogP contribution is 2.27. The van der Waals surface area contributed by atoms with Gasteiger partial charge >= 0.3 is 0 Å². The van der Waals surface area contributed by atoms with Gasteiger partial charge in [-0.05, 0) is 38.8 Å². The van der Waals surface area contributed by atoms with Crippen LogP contribution in [-0.2, 0) is 6.42 Å². The van der Waals surface area contributed by atoms with Crippen LogP contribution in [0.3, 0.4) is 0 Å². The maximum atomic E-state index is 8.77. The van der Waals surface area contributed by atoms with Crippen LogP contribution in [0.2, 0.25) is 0 Å². The SMILES string of the molecule is Cc1cc(C)c(-c2nc(CC#N)c(C)[nH]2)c(C)c1. The second-order valence-corrected chi connectivity index (χ2v) is 4.77. The van der Waals surface area contributed by atoms with Crippen LogP contribution in [0.1, 0.15) is 28.1 Å². The molecule has 92 valence electrons. The number of hydrogen-bond donors (Lipinski definition) is 1. The molecule has 1 N–H and O–H groups in total. The average molecular weight is 239 g/mol. The molecule has 1 aromatic heterocycles. The number of H-pyrrole nitrogens is 1. The zero-order chi connectivity index (χ0) is 13.3. The smallest absolute Gasteiger partial charge is 0.138 e. The van der Waals surface area contributed by atoms with Crippen LogP contribution in [0, 0.1) is 39.0 Å². The molecule has 0 saturated carbocycles. The predicted molar refractivity (Wildman–Crippen MR) is 72.3 cm³/mol. The fourth-order valence-corrected chi connectivity index (χ4v) is 2.42. The van der Waals surface area contributed by atoms with Gasteiger partial charge in [-0.3, -0.25) is 0 Å². The topological polar surface area (TPSA) is 52.5 Å². The Hall–Kier alpha value is -2.08. The molecule has 0 radical (unpaired) electrons. The van der Waals surface area contributed by atoms with Crippen molar-refractivity contribution in [2.24, 2.45) is 0 Å². The molecule has 0 unspecified atom stereocenters. The minimum absolute atomic E-state index is 0.353. The van der Waals surface area contributed by atoms with Crippen molar-refractivity contribution in [2.45, 2.75) is 34.1 Å². The summed E-state index contributed by atoms with van der Waals surface area (Å²) in [6, 6.07) is 6.46. The summed E-state index contributed by atoms with van der Waals surface area (Å²) in [7, 11) is 0. The summed E-state index contributed by atoms with van der Waals surface area (Å²) in [6.07, 6.45) is 0.353. The Bertz CT molecular complexity index is 607. The van der Waals surface area contributed by atoms with Gasteiger partial charge in [0.1, 0.15) is 5.82 Å². The fraction of sp³-hybridized carbons (Fsp3) is 0.333. The van der Waals surface area contributed by atoms with Crippen molar-refractivity contribution in [1.29, 1.82) is 5.26 Å². The van der Waals surface area contributed by atoms with Crippen molar-refractivity contribution in [3.63, 3.8) is 0 Å². The van der Waals surface area contributed by atoms with E-state index in [1.807, 2.05) is 6.92 Å². The largest absolute Gasteiger partial charge is 0.342 e. The van der Waals surface area contributed by atoms with Crippen molar-refractivity contribution in [2.75, 3.05) is 0 Å². The molecule has 0 fully saturated rings. The van der Waals surface area contributed by atoms with Gasteiger partial charge in [0.15, 0.2) is 0 Å². The second kappa shape index (κ2) is 4.66. The van der Waals surface area contributed by atoms with Crippen molar-refractivity contribution in [1.82, 2.24) is 9.97 Å². The molecule has 0 aliphatic heterocycles. The number of hydrogen-bond acceptors (Lipinski definition) is 2. The van der Waals surface area contributed by atoms with Crippen molar-refractivity contribution < 1.29 is 0 Å². The van der Waals surface area contributed by atoms with E-state index in [1.54, 1.807) is 0 Å². The Morgan fingerprint density at radius 1 is 1.17 bits per heavy atom. The van der Waals surface area contributed by atoms with Gasteiger partial charge in [-0.1, -0.05) is 17.7 Å². The molecular weight excluding hydrogens is 222 g/mol. The Kier molecular flexibility index (Phi) is 3.20. The first-order chi connectivity index (χ1) is 8.52. The van der Waals surface area contributed by atoms with Gasteiger partial charge in [0.25, 0.3) is 0 Å². The highest BCUT2D eigenvalue weighted by molar-refractivity contribution is 5.66. The Morgan fingerprint density at radius 2 is 1.78 bits per heavy atom. The lowest BCUT2D eigenvalue weighted by Gasteiger charge is -2.08. The van der Waals surface area contributed by atoms with Crippen LogP contribution >= 0.6 is 0 Å². The molecule has 0 saturated heterocycles. The molecule has 18 heavy (non-hydrogen) atoms. The number of imidazole rings is 1. The number of nitrogens with zero attached hydrogens (tertiary/aromatic N) is 2. The third-order valence-electron chi connectivity index (χ3n) is 3.15. The molecule has 0 amide bonds. The number of aromatic nitrogens is 2. The second-order valence-electron chi connectivity index (χ2n) is 4.77. The Labute approximate surface area is 107 Å². The molecule has 3 heteroatoms. The van der Waals surface area contributed by atoms with E-state index in [1.165, 1.54) is 16.7 Å². The highest BCUT2D eigenvalue weighted by Gasteiger charge is 2.12.